The van der Waals surface area contributed by atoms with E-state index in [1.807, 2.05) is 43.3 Å². The van der Waals surface area contributed by atoms with Crippen molar-refractivity contribution in [3.8, 4) is 22.9 Å². The summed E-state index contributed by atoms with van der Waals surface area (Å²) in [6.45, 7) is 3.91. The van der Waals surface area contributed by atoms with Gasteiger partial charge in [-0.2, -0.15) is 5.26 Å². The third-order valence-electron chi connectivity index (χ3n) is 4.58. The molecule has 146 valence electrons. The van der Waals surface area contributed by atoms with Crippen LogP contribution in [0, 0.1) is 18.3 Å². The fourth-order valence-corrected chi connectivity index (χ4v) is 3.05. The van der Waals surface area contributed by atoms with Crippen molar-refractivity contribution in [2.75, 3.05) is 6.61 Å². The van der Waals surface area contributed by atoms with Crippen LogP contribution >= 0.6 is 0 Å². The van der Waals surface area contributed by atoms with E-state index < -0.39 is 17.5 Å². The number of Topliss-reactive ketones (excluding diaryl/α,β-unsaturated/α-hetero) is 1. The Labute approximate surface area is 168 Å². The number of esters is 1. The topological polar surface area (TPSA) is 100 Å². The van der Waals surface area contributed by atoms with E-state index in [-0.39, 0.29) is 30.7 Å². The van der Waals surface area contributed by atoms with Gasteiger partial charge in [0, 0.05) is 11.8 Å². The monoisotopic (exact) mass is 388 g/mol. The third-order valence-corrected chi connectivity index (χ3v) is 4.58. The molecule has 6 heteroatoms. The zero-order chi connectivity index (χ0) is 21.0. The van der Waals surface area contributed by atoms with Crippen LogP contribution in [-0.4, -0.2) is 28.4 Å². The number of ether oxygens (including phenoxy) is 1. The standard InChI is InChI=1S/C23H20N2O4/c1-3-29-21(27)11-10-20(26)22-23(28)18(13-24)17-12-16(8-9-19(17)25-22)15-6-4-14(2)5-7-15/h4-9,12,28H,3,10-11H2,1-2H3. The lowest BCUT2D eigenvalue weighted by Crippen LogP contribution is -2.10. The Balaban J connectivity index is 2.00. The van der Waals surface area contributed by atoms with Gasteiger partial charge in [0.25, 0.3) is 0 Å². The average molecular weight is 388 g/mol. The second-order valence-electron chi connectivity index (χ2n) is 6.62. The third kappa shape index (κ3) is 4.25. The van der Waals surface area contributed by atoms with Gasteiger partial charge in [-0.3, -0.25) is 9.59 Å². The molecule has 29 heavy (non-hydrogen) atoms. The van der Waals surface area contributed by atoms with Crippen molar-refractivity contribution in [2.24, 2.45) is 0 Å². The molecule has 0 aliphatic heterocycles. The van der Waals surface area contributed by atoms with Gasteiger partial charge in [-0.15, -0.1) is 0 Å². The molecule has 0 saturated carbocycles. The molecule has 0 saturated heterocycles. The molecule has 0 aliphatic carbocycles. The Kier molecular flexibility index (Phi) is 5.89. The molecular weight excluding hydrogens is 368 g/mol. The van der Waals surface area contributed by atoms with Gasteiger partial charge in [0.15, 0.2) is 11.5 Å². The maximum Gasteiger partial charge on any atom is 0.306 e. The van der Waals surface area contributed by atoms with Gasteiger partial charge in [-0.1, -0.05) is 35.9 Å². The van der Waals surface area contributed by atoms with E-state index in [0.717, 1.165) is 16.7 Å². The number of benzene rings is 2. The van der Waals surface area contributed by atoms with Crippen LogP contribution in [0.1, 0.15) is 41.4 Å². The maximum atomic E-state index is 12.5. The molecule has 3 aromatic rings. The van der Waals surface area contributed by atoms with Crippen molar-refractivity contribution < 1.29 is 19.4 Å². The molecule has 0 amide bonds. The molecule has 1 N–H and O–H groups in total. The van der Waals surface area contributed by atoms with E-state index in [0.29, 0.717) is 10.9 Å². The highest BCUT2D eigenvalue weighted by Crippen LogP contribution is 2.32. The molecule has 0 atom stereocenters. The first-order valence-electron chi connectivity index (χ1n) is 9.27. The summed E-state index contributed by atoms with van der Waals surface area (Å²) in [5.41, 5.74) is 3.18. The number of nitrogens with zero attached hydrogens (tertiary/aromatic N) is 2. The Morgan fingerprint density at radius 2 is 1.79 bits per heavy atom. The lowest BCUT2D eigenvalue weighted by molar-refractivity contribution is -0.143. The van der Waals surface area contributed by atoms with Crippen LogP contribution in [0.15, 0.2) is 42.5 Å². The van der Waals surface area contributed by atoms with Crippen LogP contribution in [0.4, 0.5) is 0 Å². The highest BCUT2D eigenvalue weighted by atomic mass is 16.5. The summed E-state index contributed by atoms with van der Waals surface area (Å²) in [4.78, 5) is 28.2. The van der Waals surface area contributed by atoms with Crippen molar-refractivity contribution in [2.45, 2.75) is 26.7 Å². The van der Waals surface area contributed by atoms with E-state index in [4.69, 9.17) is 4.74 Å². The zero-order valence-electron chi connectivity index (χ0n) is 16.2. The van der Waals surface area contributed by atoms with Crippen molar-refractivity contribution in [3.05, 3.63) is 59.3 Å². The summed E-state index contributed by atoms with van der Waals surface area (Å²) in [5, 5.41) is 20.6. The van der Waals surface area contributed by atoms with E-state index in [1.165, 1.54) is 0 Å². The molecular formula is C23H20N2O4. The van der Waals surface area contributed by atoms with Crippen molar-refractivity contribution in [1.82, 2.24) is 4.98 Å². The minimum Gasteiger partial charge on any atom is -0.504 e. The smallest absolute Gasteiger partial charge is 0.306 e. The van der Waals surface area contributed by atoms with E-state index >= 15 is 0 Å². The number of hydrogen-bond acceptors (Lipinski definition) is 6. The van der Waals surface area contributed by atoms with Gasteiger partial charge in [-0.05, 0) is 37.1 Å². The molecule has 0 fully saturated rings. The summed E-state index contributed by atoms with van der Waals surface area (Å²) < 4.78 is 4.81. The molecule has 0 bridgehead atoms. The zero-order valence-corrected chi connectivity index (χ0v) is 16.2. The summed E-state index contributed by atoms with van der Waals surface area (Å²) in [6.07, 6.45) is -0.267. The Morgan fingerprint density at radius 1 is 1.10 bits per heavy atom. The van der Waals surface area contributed by atoms with Crippen LogP contribution in [0.25, 0.3) is 22.0 Å². The fourth-order valence-electron chi connectivity index (χ4n) is 3.05. The van der Waals surface area contributed by atoms with Crippen LogP contribution in [-0.2, 0) is 9.53 Å². The van der Waals surface area contributed by atoms with Crippen LogP contribution in [0.2, 0.25) is 0 Å². The largest absolute Gasteiger partial charge is 0.504 e. The number of aromatic nitrogens is 1. The number of rotatable bonds is 6. The number of pyridine rings is 1. The van der Waals surface area contributed by atoms with Crippen molar-refractivity contribution in [1.29, 1.82) is 5.26 Å². The summed E-state index contributed by atoms with van der Waals surface area (Å²) >= 11 is 0. The first-order chi connectivity index (χ1) is 13.9. The van der Waals surface area contributed by atoms with E-state index in [1.54, 1.807) is 19.1 Å². The first kappa shape index (κ1) is 20.0. The molecule has 3 rings (SSSR count). The predicted molar refractivity (Wildman–Crippen MR) is 108 cm³/mol. The molecule has 0 spiro atoms. The number of aromatic hydroxyl groups is 1. The minimum atomic E-state index is -0.517. The maximum absolute atomic E-state index is 12.5. The number of nitriles is 1. The lowest BCUT2D eigenvalue weighted by atomic mass is 9.98. The van der Waals surface area contributed by atoms with E-state index in [2.05, 4.69) is 4.98 Å². The predicted octanol–water partition coefficient (Wildman–Crippen LogP) is 4.31. The highest BCUT2D eigenvalue weighted by molar-refractivity contribution is 6.03. The second kappa shape index (κ2) is 8.53. The number of fused-ring (bicyclic) bond motifs is 1. The van der Waals surface area contributed by atoms with Gasteiger partial charge in [0.05, 0.1) is 18.5 Å². The fraction of sp³-hybridized carbons (Fsp3) is 0.217. The Morgan fingerprint density at radius 3 is 2.45 bits per heavy atom. The SMILES string of the molecule is CCOC(=O)CCC(=O)c1nc2ccc(-c3ccc(C)cc3)cc2c(C#N)c1O. The van der Waals surface area contributed by atoms with Gasteiger partial charge < -0.3 is 9.84 Å². The summed E-state index contributed by atoms with van der Waals surface area (Å²) in [7, 11) is 0. The van der Waals surface area contributed by atoms with Crippen molar-refractivity contribution >= 4 is 22.7 Å². The van der Waals surface area contributed by atoms with Gasteiger partial charge in [0.1, 0.15) is 17.3 Å². The highest BCUT2D eigenvalue weighted by Gasteiger charge is 2.21. The normalized spacial score (nSPS) is 10.5. The summed E-state index contributed by atoms with van der Waals surface area (Å²) in [6, 6.07) is 15.3. The molecule has 6 nitrogen and oxygen atoms in total. The molecule has 0 radical (unpaired) electrons. The van der Waals surface area contributed by atoms with Gasteiger partial charge in [-0.25, -0.2) is 4.98 Å². The minimum absolute atomic E-state index is 0.0107. The molecule has 0 unspecified atom stereocenters. The molecule has 0 aliphatic rings. The average Bonchev–Trinajstić information content (AvgIpc) is 2.72. The van der Waals surface area contributed by atoms with Gasteiger partial charge >= 0.3 is 5.97 Å². The Bertz CT molecular complexity index is 1130. The van der Waals surface area contributed by atoms with Gasteiger partial charge in [0.2, 0.25) is 0 Å². The number of ketones is 1. The van der Waals surface area contributed by atoms with Crippen LogP contribution < -0.4 is 0 Å². The summed E-state index contributed by atoms with van der Waals surface area (Å²) in [5.74, 6) is -1.48. The number of aryl methyl sites for hydroxylation is 1. The Hall–Kier alpha value is -3.72. The van der Waals surface area contributed by atoms with Crippen LogP contribution in [0.5, 0.6) is 5.75 Å². The second-order valence-corrected chi connectivity index (χ2v) is 6.62. The van der Waals surface area contributed by atoms with Crippen LogP contribution in [0.3, 0.4) is 0 Å². The van der Waals surface area contributed by atoms with E-state index in [9.17, 15) is 20.0 Å². The van der Waals surface area contributed by atoms with Crippen molar-refractivity contribution in [3.63, 3.8) is 0 Å². The molecule has 1 heterocycles. The lowest BCUT2D eigenvalue weighted by Gasteiger charge is -2.10. The quantitative estimate of drug-likeness (QED) is 0.499. The molecule has 2 aromatic carbocycles. The number of hydrogen-bond donors (Lipinski definition) is 1. The first-order valence-corrected chi connectivity index (χ1v) is 9.27. The number of carbonyl (C=O) groups excluding carboxylic acids is 2. The molecule has 1 aromatic heterocycles. The number of carbonyl (C=O) groups is 2.